The van der Waals surface area contributed by atoms with Crippen molar-refractivity contribution in [2.24, 2.45) is 17.8 Å². The van der Waals surface area contributed by atoms with Crippen LogP contribution in [0, 0.1) is 17.8 Å². The quantitative estimate of drug-likeness (QED) is 0.768. The van der Waals surface area contributed by atoms with Gasteiger partial charge >= 0.3 is 0 Å². The lowest BCUT2D eigenvalue weighted by molar-refractivity contribution is 0.236. The Hall–Kier alpha value is -0.0800. The largest absolute Gasteiger partial charge is 0.312 e. The molecule has 1 aliphatic rings. The second-order valence-electron chi connectivity index (χ2n) is 6.66. The minimum absolute atomic E-state index is 0.641. The van der Waals surface area contributed by atoms with E-state index in [4.69, 9.17) is 0 Å². The third kappa shape index (κ3) is 5.87. The van der Waals surface area contributed by atoms with Crippen LogP contribution in [0.25, 0.3) is 0 Å². The molecule has 0 amide bonds. The molecule has 1 aliphatic carbocycles. The van der Waals surface area contributed by atoms with Crippen LogP contribution < -0.4 is 5.32 Å². The van der Waals surface area contributed by atoms with E-state index < -0.39 is 0 Å². The first-order chi connectivity index (χ1) is 7.99. The van der Waals surface area contributed by atoms with E-state index in [0.29, 0.717) is 6.04 Å². The molecule has 1 N–H and O–H groups in total. The van der Waals surface area contributed by atoms with Gasteiger partial charge in [-0.1, -0.05) is 33.6 Å². The molecule has 0 radical (unpaired) electrons. The fourth-order valence-corrected chi connectivity index (χ4v) is 2.97. The van der Waals surface area contributed by atoms with Crippen LogP contribution in [0.4, 0.5) is 0 Å². The van der Waals surface area contributed by atoms with E-state index in [-0.39, 0.29) is 0 Å². The fraction of sp³-hybridized carbons (Fsp3) is 1.00. The fourth-order valence-electron chi connectivity index (χ4n) is 2.97. The lowest BCUT2D eigenvalue weighted by Gasteiger charge is -2.31. The maximum Gasteiger partial charge on any atom is 0.0217 e. The first-order valence-electron chi connectivity index (χ1n) is 7.37. The van der Waals surface area contributed by atoms with Gasteiger partial charge in [-0.3, -0.25) is 0 Å². The highest BCUT2D eigenvalue weighted by Gasteiger charge is 2.21. The molecule has 0 aromatic heterocycles. The van der Waals surface area contributed by atoms with Crippen molar-refractivity contribution < 1.29 is 0 Å². The van der Waals surface area contributed by atoms with Crippen LogP contribution in [0.15, 0.2) is 0 Å². The Morgan fingerprint density at radius 3 is 2.47 bits per heavy atom. The Morgan fingerprint density at radius 2 is 1.94 bits per heavy atom. The lowest BCUT2D eigenvalue weighted by Crippen LogP contribution is -2.44. The highest BCUT2D eigenvalue weighted by Crippen LogP contribution is 2.28. The van der Waals surface area contributed by atoms with E-state index >= 15 is 0 Å². The zero-order valence-electron chi connectivity index (χ0n) is 12.5. The van der Waals surface area contributed by atoms with Crippen molar-refractivity contribution in [3.8, 4) is 0 Å². The number of nitrogens with one attached hydrogen (secondary N) is 1. The summed E-state index contributed by atoms with van der Waals surface area (Å²) in [6.45, 7) is 9.43. The van der Waals surface area contributed by atoms with Gasteiger partial charge in [0, 0.05) is 12.6 Å². The van der Waals surface area contributed by atoms with Gasteiger partial charge in [0.15, 0.2) is 0 Å². The van der Waals surface area contributed by atoms with Crippen LogP contribution in [-0.2, 0) is 0 Å². The van der Waals surface area contributed by atoms with E-state index in [9.17, 15) is 0 Å². The molecule has 2 nitrogen and oxygen atoms in total. The second kappa shape index (κ2) is 7.38. The smallest absolute Gasteiger partial charge is 0.0217 e. The maximum atomic E-state index is 3.80. The third-order valence-electron chi connectivity index (χ3n) is 4.08. The maximum absolute atomic E-state index is 3.80. The van der Waals surface area contributed by atoms with E-state index in [2.05, 4.69) is 45.1 Å². The highest BCUT2D eigenvalue weighted by molar-refractivity contribution is 4.77. The summed E-state index contributed by atoms with van der Waals surface area (Å²) in [5.41, 5.74) is 0. The zero-order chi connectivity index (χ0) is 12.8. The van der Waals surface area contributed by atoms with E-state index in [1.54, 1.807) is 0 Å². The molecule has 0 aromatic carbocycles. The molecule has 0 heterocycles. The molecule has 0 spiro atoms. The monoisotopic (exact) mass is 240 g/mol. The predicted octanol–water partition coefficient (Wildman–Crippen LogP) is 2.99. The summed E-state index contributed by atoms with van der Waals surface area (Å²) in [5.74, 6) is 2.59. The van der Waals surface area contributed by atoms with Crippen molar-refractivity contribution in [3.05, 3.63) is 0 Å². The summed E-state index contributed by atoms with van der Waals surface area (Å²) < 4.78 is 0. The number of rotatable bonds is 6. The van der Waals surface area contributed by atoms with Crippen molar-refractivity contribution in [1.82, 2.24) is 10.2 Å². The zero-order valence-corrected chi connectivity index (χ0v) is 12.5. The van der Waals surface area contributed by atoms with Crippen LogP contribution in [0.5, 0.6) is 0 Å². The van der Waals surface area contributed by atoms with Crippen LogP contribution in [-0.4, -0.2) is 38.1 Å². The first-order valence-corrected chi connectivity index (χ1v) is 7.37. The Morgan fingerprint density at radius 1 is 1.24 bits per heavy atom. The normalized spacial score (nSPS) is 27.7. The van der Waals surface area contributed by atoms with Crippen LogP contribution in [0.1, 0.15) is 46.5 Å². The minimum atomic E-state index is 0.641. The van der Waals surface area contributed by atoms with Crippen molar-refractivity contribution in [3.63, 3.8) is 0 Å². The van der Waals surface area contributed by atoms with Crippen molar-refractivity contribution >= 4 is 0 Å². The van der Waals surface area contributed by atoms with Crippen molar-refractivity contribution in [2.45, 2.75) is 52.5 Å². The Labute approximate surface area is 108 Å². The van der Waals surface area contributed by atoms with E-state index in [0.717, 1.165) is 24.3 Å². The van der Waals surface area contributed by atoms with Crippen LogP contribution >= 0.6 is 0 Å². The molecular formula is C15H32N2. The molecule has 3 atom stereocenters. The number of hydrogen-bond acceptors (Lipinski definition) is 2. The summed E-state index contributed by atoms with van der Waals surface area (Å²) in [4.78, 5) is 2.29. The molecular weight excluding hydrogens is 208 g/mol. The predicted molar refractivity (Wildman–Crippen MR) is 76.3 cm³/mol. The Balaban J connectivity index is 2.30. The number of nitrogens with zero attached hydrogens (tertiary/aromatic N) is 1. The summed E-state index contributed by atoms with van der Waals surface area (Å²) >= 11 is 0. The summed E-state index contributed by atoms with van der Waals surface area (Å²) in [6.07, 6.45) is 5.75. The molecule has 0 aromatic rings. The molecule has 17 heavy (non-hydrogen) atoms. The standard InChI is InChI=1S/C15H32N2/c1-12(2)15(11-17(4)5)16-10-14-8-6-7-13(3)9-14/h12-16H,6-11H2,1-5H3. The van der Waals surface area contributed by atoms with Gasteiger partial charge in [-0.2, -0.15) is 0 Å². The first kappa shape index (κ1) is 15.0. The molecule has 102 valence electrons. The molecule has 0 saturated heterocycles. The van der Waals surface area contributed by atoms with Gasteiger partial charge in [-0.25, -0.2) is 0 Å². The van der Waals surface area contributed by atoms with E-state index in [1.807, 2.05) is 0 Å². The van der Waals surface area contributed by atoms with Crippen molar-refractivity contribution in [1.29, 1.82) is 0 Å². The minimum Gasteiger partial charge on any atom is -0.312 e. The summed E-state index contributed by atoms with van der Waals surface area (Å²) in [6, 6.07) is 0.641. The summed E-state index contributed by atoms with van der Waals surface area (Å²) in [7, 11) is 4.33. The Bertz CT molecular complexity index is 201. The molecule has 0 aliphatic heterocycles. The summed E-state index contributed by atoms with van der Waals surface area (Å²) in [5, 5.41) is 3.80. The van der Waals surface area contributed by atoms with Crippen molar-refractivity contribution in [2.75, 3.05) is 27.2 Å². The highest BCUT2D eigenvalue weighted by atomic mass is 15.1. The molecule has 3 unspecified atom stereocenters. The van der Waals surface area contributed by atoms with Gasteiger partial charge in [-0.05, 0) is 51.2 Å². The van der Waals surface area contributed by atoms with Gasteiger partial charge in [0.05, 0.1) is 0 Å². The van der Waals surface area contributed by atoms with Gasteiger partial charge in [0.2, 0.25) is 0 Å². The van der Waals surface area contributed by atoms with Gasteiger partial charge < -0.3 is 10.2 Å². The van der Waals surface area contributed by atoms with E-state index in [1.165, 1.54) is 32.2 Å². The van der Waals surface area contributed by atoms with Gasteiger partial charge in [-0.15, -0.1) is 0 Å². The van der Waals surface area contributed by atoms with Gasteiger partial charge in [0.1, 0.15) is 0 Å². The third-order valence-corrected chi connectivity index (χ3v) is 4.08. The molecule has 1 fully saturated rings. The SMILES string of the molecule is CC1CCCC(CNC(CN(C)C)C(C)C)C1. The van der Waals surface area contributed by atoms with Gasteiger partial charge in [0.25, 0.3) is 0 Å². The Kier molecular flexibility index (Phi) is 6.50. The average Bonchev–Trinajstić information content (AvgIpc) is 2.23. The molecule has 1 rings (SSSR count). The number of likely N-dealkylation sites (N-methyl/N-ethyl adjacent to an activating group) is 1. The van der Waals surface area contributed by atoms with Crippen LogP contribution in [0.2, 0.25) is 0 Å². The molecule has 1 saturated carbocycles. The van der Waals surface area contributed by atoms with Crippen LogP contribution in [0.3, 0.4) is 0 Å². The number of hydrogen-bond donors (Lipinski definition) is 1. The average molecular weight is 240 g/mol. The molecule has 0 bridgehead atoms. The lowest BCUT2D eigenvalue weighted by atomic mass is 9.82. The molecule has 2 heteroatoms. The second-order valence-corrected chi connectivity index (χ2v) is 6.66. The topological polar surface area (TPSA) is 15.3 Å².